The number of aliphatic hydroxyl groups is 1. The number of nitrogens with zero attached hydrogens (tertiary/aromatic N) is 2. The summed E-state index contributed by atoms with van der Waals surface area (Å²) in [7, 11) is 0. The zero-order chi connectivity index (χ0) is 20.4. The minimum Gasteiger partial charge on any atom is -0.393 e. The Hall–Kier alpha value is -2.16. The molecule has 1 aliphatic heterocycles. The molecule has 1 amide bonds. The van der Waals surface area contributed by atoms with Gasteiger partial charge in [0.1, 0.15) is 10.7 Å². The van der Waals surface area contributed by atoms with Gasteiger partial charge < -0.3 is 15.0 Å². The van der Waals surface area contributed by atoms with E-state index in [0.29, 0.717) is 47.7 Å². The number of thiophene rings is 1. The molecular formula is C21H23N3O3S2. The van der Waals surface area contributed by atoms with Crippen molar-refractivity contribution < 1.29 is 9.90 Å². The summed E-state index contributed by atoms with van der Waals surface area (Å²) < 4.78 is 0. The molecule has 4 rings (SSSR count). The molecule has 2 aromatic heterocycles. The predicted molar refractivity (Wildman–Crippen MR) is 118 cm³/mol. The second kappa shape index (κ2) is 8.69. The van der Waals surface area contributed by atoms with Crippen molar-refractivity contribution in [2.45, 2.75) is 36.9 Å². The average molecular weight is 430 g/mol. The van der Waals surface area contributed by atoms with Gasteiger partial charge in [0, 0.05) is 24.0 Å². The van der Waals surface area contributed by atoms with Crippen LogP contribution in [0.2, 0.25) is 0 Å². The standard InChI is InChI=1S/C21H23N3O3S2/c1-13(21(27)24-9-7-15(25)8-10-24)28-12-17-22-19(26)18-16(11-29-20(18)23-17)14-5-3-2-4-6-14/h2-6,11,13,15,25H,7-10,12H2,1H3,(H,22,23,26). The van der Waals surface area contributed by atoms with Crippen molar-refractivity contribution in [2.75, 3.05) is 13.1 Å². The molecule has 1 atom stereocenters. The largest absolute Gasteiger partial charge is 0.393 e. The number of carbonyl (C=O) groups is 1. The average Bonchev–Trinajstić information content (AvgIpc) is 3.17. The molecule has 0 saturated carbocycles. The summed E-state index contributed by atoms with van der Waals surface area (Å²) in [5, 5.41) is 12.0. The highest BCUT2D eigenvalue weighted by atomic mass is 32.2. The van der Waals surface area contributed by atoms with E-state index < -0.39 is 0 Å². The number of rotatable bonds is 5. The number of aromatic amines is 1. The Labute approximate surface area is 177 Å². The van der Waals surface area contributed by atoms with Crippen molar-refractivity contribution in [3.05, 3.63) is 51.9 Å². The fraction of sp³-hybridized carbons (Fsp3) is 0.381. The normalized spacial score (nSPS) is 16.3. The number of amides is 1. The van der Waals surface area contributed by atoms with Crippen LogP contribution in [-0.2, 0) is 10.5 Å². The van der Waals surface area contributed by atoms with Crippen LogP contribution >= 0.6 is 23.1 Å². The number of aliphatic hydroxyl groups excluding tert-OH is 1. The van der Waals surface area contributed by atoms with Crippen LogP contribution < -0.4 is 5.56 Å². The van der Waals surface area contributed by atoms with Crippen molar-refractivity contribution in [3.8, 4) is 11.1 Å². The molecule has 1 fully saturated rings. The quantitative estimate of drug-likeness (QED) is 0.650. The fourth-order valence-corrected chi connectivity index (χ4v) is 5.31. The van der Waals surface area contributed by atoms with Gasteiger partial charge >= 0.3 is 0 Å². The number of H-pyrrole nitrogens is 1. The second-order valence-electron chi connectivity index (χ2n) is 7.22. The molecular weight excluding hydrogens is 406 g/mol. The summed E-state index contributed by atoms with van der Waals surface area (Å²) in [6.07, 6.45) is 0.975. The highest BCUT2D eigenvalue weighted by molar-refractivity contribution is 7.99. The van der Waals surface area contributed by atoms with Crippen LogP contribution in [0.4, 0.5) is 0 Å². The van der Waals surface area contributed by atoms with Gasteiger partial charge in [-0.3, -0.25) is 9.59 Å². The van der Waals surface area contributed by atoms with Gasteiger partial charge in [0.25, 0.3) is 5.56 Å². The maximum absolute atomic E-state index is 12.7. The second-order valence-corrected chi connectivity index (χ2v) is 9.41. The van der Waals surface area contributed by atoms with Crippen molar-refractivity contribution in [3.63, 3.8) is 0 Å². The molecule has 3 aromatic rings. The van der Waals surface area contributed by atoms with E-state index >= 15 is 0 Å². The van der Waals surface area contributed by atoms with E-state index in [-0.39, 0.29) is 22.8 Å². The summed E-state index contributed by atoms with van der Waals surface area (Å²) in [5.74, 6) is 1.13. The number of fused-ring (bicyclic) bond motifs is 1. The Morgan fingerprint density at radius 1 is 1.34 bits per heavy atom. The number of benzene rings is 1. The Balaban J connectivity index is 1.46. The van der Waals surface area contributed by atoms with E-state index in [2.05, 4.69) is 9.97 Å². The maximum Gasteiger partial charge on any atom is 0.260 e. The summed E-state index contributed by atoms with van der Waals surface area (Å²) in [4.78, 5) is 35.4. The van der Waals surface area contributed by atoms with Gasteiger partial charge in [0.2, 0.25) is 5.91 Å². The van der Waals surface area contributed by atoms with Crippen LogP contribution in [-0.4, -0.2) is 50.3 Å². The van der Waals surface area contributed by atoms with E-state index in [1.807, 2.05) is 47.5 Å². The smallest absolute Gasteiger partial charge is 0.260 e. The van der Waals surface area contributed by atoms with Crippen molar-refractivity contribution >= 4 is 39.2 Å². The van der Waals surface area contributed by atoms with Crippen LogP contribution in [0.15, 0.2) is 40.5 Å². The number of nitrogens with one attached hydrogen (secondary N) is 1. The monoisotopic (exact) mass is 429 g/mol. The van der Waals surface area contributed by atoms with Crippen LogP contribution in [0.5, 0.6) is 0 Å². The zero-order valence-corrected chi connectivity index (χ0v) is 17.8. The predicted octanol–water partition coefficient (Wildman–Crippen LogP) is 3.26. The van der Waals surface area contributed by atoms with Crippen molar-refractivity contribution in [1.82, 2.24) is 14.9 Å². The molecule has 3 heterocycles. The fourth-order valence-electron chi connectivity index (χ4n) is 3.51. The Bertz CT molecular complexity index is 1060. The zero-order valence-electron chi connectivity index (χ0n) is 16.1. The SMILES string of the molecule is CC(SCc1nc2scc(-c3ccccc3)c2c(=O)[nH]1)C(=O)N1CCC(O)CC1. The van der Waals surface area contributed by atoms with Gasteiger partial charge in [-0.2, -0.15) is 0 Å². The molecule has 0 bridgehead atoms. The molecule has 8 heteroatoms. The minimum absolute atomic E-state index is 0.0767. The number of hydrogen-bond acceptors (Lipinski definition) is 6. The molecule has 1 unspecified atom stereocenters. The van der Waals surface area contributed by atoms with Crippen LogP contribution in [0.25, 0.3) is 21.3 Å². The first kappa shape index (κ1) is 20.1. The lowest BCUT2D eigenvalue weighted by atomic mass is 10.1. The summed E-state index contributed by atoms with van der Waals surface area (Å²) in [6.45, 7) is 3.08. The number of piperidine rings is 1. The molecule has 0 radical (unpaired) electrons. The van der Waals surface area contributed by atoms with Gasteiger partial charge in [-0.05, 0) is 25.3 Å². The van der Waals surface area contributed by atoms with E-state index in [1.54, 1.807) is 0 Å². The third-order valence-electron chi connectivity index (χ3n) is 5.17. The van der Waals surface area contributed by atoms with Crippen LogP contribution in [0.3, 0.4) is 0 Å². The number of carbonyl (C=O) groups excluding carboxylic acids is 1. The van der Waals surface area contributed by atoms with Crippen LogP contribution in [0, 0.1) is 0 Å². The number of hydrogen-bond donors (Lipinski definition) is 2. The summed E-state index contributed by atoms with van der Waals surface area (Å²) in [6, 6.07) is 9.82. The first-order valence-corrected chi connectivity index (χ1v) is 11.6. The number of thioether (sulfide) groups is 1. The lowest BCUT2D eigenvalue weighted by Gasteiger charge is -2.31. The molecule has 1 aliphatic rings. The van der Waals surface area contributed by atoms with Crippen molar-refractivity contribution in [1.29, 1.82) is 0 Å². The molecule has 6 nitrogen and oxygen atoms in total. The molecule has 0 aliphatic carbocycles. The molecule has 152 valence electrons. The Kier molecular flexibility index (Phi) is 6.03. The van der Waals surface area contributed by atoms with Gasteiger partial charge in [0.15, 0.2) is 0 Å². The van der Waals surface area contributed by atoms with E-state index in [4.69, 9.17) is 0 Å². The van der Waals surface area contributed by atoms with Gasteiger partial charge in [-0.25, -0.2) is 4.98 Å². The van der Waals surface area contributed by atoms with E-state index in [9.17, 15) is 14.7 Å². The molecule has 0 spiro atoms. The van der Waals surface area contributed by atoms with E-state index in [1.165, 1.54) is 23.1 Å². The van der Waals surface area contributed by atoms with E-state index in [0.717, 1.165) is 11.1 Å². The van der Waals surface area contributed by atoms with Gasteiger partial charge in [-0.15, -0.1) is 23.1 Å². The minimum atomic E-state index is -0.297. The first-order valence-electron chi connectivity index (χ1n) is 9.67. The van der Waals surface area contributed by atoms with Crippen LogP contribution in [0.1, 0.15) is 25.6 Å². The van der Waals surface area contributed by atoms with Gasteiger partial charge in [0.05, 0.1) is 22.5 Å². The highest BCUT2D eigenvalue weighted by Gasteiger charge is 2.25. The van der Waals surface area contributed by atoms with Gasteiger partial charge in [-0.1, -0.05) is 30.3 Å². The molecule has 2 N–H and O–H groups in total. The summed E-state index contributed by atoms with van der Waals surface area (Å²) >= 11 is 2.93. The lowest BCUT2D eigenvalue weighted by molar-refractivity contribution is -0.132. The Morgan fingerprint density at radius 3 is 2.79 bits per heavy atom. The molecule has 1 saturated heterocycles. The maximum atomic E-state index is 12.7. The summed E-state index contributed by atoms with van der Waals surface area (Å²) in [5.41, 5.74) is 1.75. The third kappa shape index (κ3) is 4.39. The number of likely N-dealkylation sites (tertiary alicyclic amines) is 1. The first-order chi connectivity index (χ1) is 14.0. The third-order valence-corrected chi connectivity index (χ3v) is 7.19. The molecule has 29 heavy (non-hydrogen) atoms. The number of aromatic nitrogens is 2. The lowest BCUT2D eigenvalue weighted by Crippen LogP contribution is -2.43. The Morgan fingerprint density at radius 2 is 2.07 bits per heavy atom. The topological polar surface area (TPSA) is 86.3 Å². The van der Waals surface area contributed by atoms with Crippen molar-refractivity contribution in [2.24, 2.45) is 0 Å². The highest BCUT2D eigenvalue weighted by Crippen LogP contribution is 2.31. The molecule has 1 aromatic carbocycles.